The molecular formula is C26H25N3O6S. The van der Waals surface area contributed by atoms with Crippen LogP contribution in [-0.4, -0.2) is 62.6 Å². The number of Topliss-reactive ketones (excluding diaryl/α,β-unsaturated/α-hetero) is 1. The van der Waals surface area contributed by atoms with E-state index in [9.17, 15) is 14.4 Å². The first kappa shape index (κ1) is 24.0. The molecule has 3 aromatic rings. The number of rotatable bonds is 7. The molecule has 0 spiro atoms. The molecule has 0 radical (unpaired) electrons. The zero-order chi connectivity index (χ0) is 25.4. The number of aromatic nitrogens is 1. The molecule has 0 fully saturated rings. The lowest BCUT2D eigenvalue weighted by molar-refractivity contribution is -0.125. The minimum absolute atomic E-state index is 0.0387. The first-order chi connectivity index (χ1) is 17.4. The molecule has 36 heavy (non-hydrogen) atoms. The van der Waals surface area contributed by atoms with Crippen molar-refractivity contribution >= 4 is 40.3 Å². The molecule has 1 atom stereocenters. The van der Waals surface area contributed by atoms with E-state index in [1.165, 1.54) is 9.80 Å². The number of hydrogen-bond acceptors (Lipinski definition) is 8. The van der Waals surface area contributed by atoms with E-state index < -0.39 is 6.10 Å². The van der Waals surface area contributed by atoms with Gasteiger partial charge < -0.3 is 19.1 Å². The summed E-state index contributed by atoms with van der Waals surface area (Å²) in [5.41, 5.74) is 3.03. The number of ketones is 1. The summed E-state index contributed by atoms with van der Waals surface area (Å²) in [6.45, 7) is 2.04. The summed E-state index contributed by atoms with van der Waals surface area (Å²) in [4.78, 5) is 46.0. The molecule has 186 valence electrons. The normalized spacial score (nSPS) is 16.8. The van der Waals surface area contributed by atoms with Crippen molar-refractivity contribution in [1.82, 2.24) is 4.98 Å². The second-order valence-electron chi connectivity index (χ2n) is 8.58. The van der Waals surface area contributed by atoms with Gasteiger partial charge in [0.05, 0.1) is 35.2 Å². The van der Waals surface area contributed by atoms with Gasteiger partial charge in [-0.25, -0.2) is 4.98 Å². The summed E-state index contributed by atoms with van der Waals surface area (Å²) in [5, 5.41) is 2.92. The fraction of sp³-hybridized carbons (Fsp3) is 0.308. The third-order valence-corrected chi connectivity index (χ3v) is 7.11. The Morgan fingerprint density at radius 2 is 1.97 bits per heavy atom. The van der Waals surface area contributed by atoms with Crippen molar-refractivity contribution in [2.24, 2.45) is 0 Å². The third kappa shape index (κ3) is 4.45. The molecule has 2 aliphatic rings. The Bertz CT molecular complexity index is 1350. The van der Waals surface area contributed by atoms with Crippen LogP contribution < -0.4 is 19.3 Å². The van der Waals surface area contributed by atoms with Gasteiger partial charge in [-0.2, -0.15) is 0 Å². The number of ether oxygens (including phenoxy) is 3. The lowest BCUT2D eigenvalue weighted by atomic mass is 10.0. The molecule has 5 rings (SSSR count). The van der Waals surface area contributed by atoms with Crippen molar-refractivity contribution in [1.29, 1.82) is 0 Å². The van der Waals surface area contributed by atoms with E-state index in [0.29, 0.717) is 35.0 Å². The highest BCUT2D eigenvalue weighted by atomic mass is 32.1. The monoisotopic (exact) mass is 507 g/mol. The van der Waals surface area contributed by atoms with Crippen LogP contribution in [0.1, 0.15) is 22.3 Å². The van der Waals surface area contributed by atoms with Gasteiger partial charge in [0.15, 0.2) is 18.5 Å². The number of carbonyl (C=O) groups is 3. The van der Waals surface area contributed by atoms with E-state index >= 15 is 0 Å². The average Bonchev–Trinajstić information content (AvgIpc) is 3.36. The van der Waals surface area contributed by atoms with Gasteiger partial charge in [0.25, 0.3) is 11.8 Å². The number of thiazole rings is 1. The highest BCUT2D eigenvalue weighted by molar-refractivity contribution is 7.09. The number of anilines is 2. The van der Waals surface area contributed by atoms with Crippen LogP contribution >= 0.6 is 11.3 Å². The van der Waals surface area contributed by atoms with Gasteiger partial charge in [-0.3, -0.25) is 19.3 Å². The Balaban J connectivity index is 1.44. The van der Waals surface area contributed by atoms with E-state index in [4.69, 9.17) is 14.2 Å². The summed E-state index contributed by atoms with van der Waals surface area (Å²) < 4.78 is 16.4. The van der Waals surface area contributed by atoms with Crippen LogP contribution in [-0.2, 0) is 20.7 Å². The topological polar surface area (TPSA) is 98.3 Å². The average molecular weight is 508 g/mol. The SMILES string of the molecule is COCCc1nc(-c2ccc3c(c2)N(CC(=O)c2ccc4c(c2)N(C)C(=O)CO4)C(=O)C(C)O3)cs1. The lowest BCUT2D eigenvalue weighted by Crippen LogP contribution is -2.46. The largest absolute Gasteiger partial charge is 0.482 e. The molecule has 1 unspecified atom stereocenters. The summed E-state index contributed by atoms with van der Waals surface area (Å²) in [6.07, 6.45) is -0.00454. The standard InChI is InChI=1S/C26H25N3O6S/c1-15-26(32)29(12-21(30)17-5-6-22-19(11-17)28(2)25(31)13-34-22)20-10-16(4-7-23(20)35-15)18-14-36-24(27-18)8-9-33-3/h4-7,10-11,14-15H,8-9,12-13H2,1-3H3. The van der Waals surface area contributed by atoms with Crippen molar-refractivity contribution in [3.05, 3.63) is 52.3 Å². The smallest absolute Gasteiger partial charge is 0.268 e. The van der Waals surface area contributed by atoms with Crippen molar-refractivity contribution in [3.8, 4) is 22.8 Å². The molecule has 2 amide bonds. The molecule has 2 aromatic carbocycles. The molecule has 0 bridgehead atoms. The molecular weight excluding hydrogens is 482 g/mol. The quantitative estimate of drug-likeness (QED) is 0.452. The van der Waals surface area contributed by atoms with Crippen LogP contribution in [0.4, 0.5) is 11.4 Å². The van der Waals surface area contributed by atoms with Gasteiger partial charge in [0.1, 0.15) is 11.5 Å². The highest BCUT2D eigenvalue weighted by Crippen LogP contribution is 2.38. The molecule has 9 nitrogen and oxygen atoms in total. The molecule has 1 aromatic heterocycles. The molecule has 10 heteroatoms. The Labute approximate surface area is 212 Å². The van der Waals surface area contributed by atoms with E-state index in [-0.39, 0.29) is 30.7 Å². The number of fused-ring (bicyclic) bond motifs is 2. The molecule has 0 saturated carbocycles. The summed E-state index contributed by atoms with van der Waals surface area (Å²) in [6, 6.07) is 10.5. The van der Waals surface area contributed by atoms with Gasteiger partial charge in [0, 0.05) is 37.1 Å². The van der Waals surface area contributed by atoms with E-state index in [1.54, 1.807) is 56.7 Å². The van der Waals surface area contributed by atoms with E-state index in [1.807, 2.05) is 17.5 Å². The van der Waals surface area contributed by atoms with Crippen LogP contribution in [0.2, 0.25) is 0 Å². The number of nitrogens with zero attached hydrogens (tertiary/aromatic N) is 3. The van der Waals surface area contributed by atoms with E-state index in [0.717, 1.165) is 22.7 Å². The molecule has 3 heterocycles. The van der Waals surface area contributed by atoms with Gasteiger partial charge in [-0.15, -0.1) is 11.3 Å². The maximum atomic E-state index is 13.3. The third-order valence-electron chi connectivity index (χ3n) is 6.20. The number of likely N-dealkylation sites (N-methyl/N-ethyl adjacent to an activating group) is 1. The molecule has 0 N–H and O–H groups in total. The predicted octanol–water partition coefficient (Wildman–Crippen LogP) is 3.35. The van der Waals surface area contributed by atoms with Crippen molar-refractivity contribution in [3.63, 3.8) is 0 Å². The van der Waals surface area contributed by atoms with Gasteiger partial charge in [-0.05, 0) is 43.3 Å². The second kappa shape index (κ2) is 9.71. The zero-order valence-corrected chi connectivity index (χ0v) is 21.0. The van der Waals surface area contributed by atoms with Crippen LogP contribution in [0.5, 0.6) is 11.5 Å². The fourth-order valence-corrected chi connectivity index (χ4v) is 4.95. The van der Waals surface area contributed by atoms with Crippen LogP contribution in [0.3, 0.4) is 0 Å². The summed E-state index contributed by atoms with van der Waals surface area (Å²) >= 11 is 1.55. The molecule has 2 aliphatic heterocycles. The Hall–Kier alpha value is -3.76. The minimum Gasteiger partial charge on any atom is -0.482 e. The molecule has 0 aliphatic carbocycles. The molecule has 0 saturated heterocycles. The maximum absolute atomic E-state index is 13.3. The van der Waals surface area contributed by atoms with Gasteiger partial charge in [0.2, 0.25) is 0 Å². The Kier molecular flexibility index (Phi) is 6.46. The van der Waals surface area contributed by atoms with Crippen molar-refractivity contribution < 1.29 is 28.6 Å². The van der Waals surface area contributed by atoms with Gasteiger partial charge in [-0.1, -0.05) is 0 Å². The highest BCUT2D eigenvalue weighted by Gasteiger charge is 2.34. The number of carbonyl (C=O) groups excluding carboxylic acids is 3. The minimum atomic E-state index is -0.725. The first-order valence-electron chi connectivity index (χ1n) is 11.5. The zero-order valence-electron chi connectivity index (χ0n) is 20.1. The van der Waals surface area contributed by atoms with Crippen molar-refractivity contribution in [2.75, 3.05) is 43.7 Å². The van der Waals surface area contributed by atoms with Crippen molar-refractivity contribution in [2.45, 2.75) is 19.4 Å². The fourth-order valence-electron chi connectivity index (χ4n) is 4.16. The summed E-state index contributed by atoms with van der Waals surface area (Å²) in [7, 11) is 3.30. The van der Waals surface area contributed by atoms with E-state index in [2.05, 4.69) is 4.98 Å². The number of methoxy groups -OCH3 is 1. The lowest BCUT2D eigenvalue weighted by Gasteiger charge is -2.33. The maximum Gasteiger partial charge on any atom is 0.268 e. The Morgan fingerprint density at radius 1 is 1.17 bits per heavy atom. The predicted molar refractivity (Wildman–Crippen MR) is 135 cm³/mol. The number of hydrogen-bond donors (Lipinski definition) is 0. The second-order valence-corrected chi connectivity index (χ2v) is 9.53. The first-order valence-corrected chi connectivity index (χ1v) is 12.4. The number of benzene rings is 2. The Morgan fingerprint density at radius 3 is 2.78 bits per heavy atom. The summed E-state index contributed by atoms with van der Waals surface area (Å²) in [5.74, 6) is 0.294. The van der Waals surface area contributed by atoms with Crippen LogP contribution in [0, 0.1) is 0 Å². The van der Waals surface area contributed by atoms with Gasteiger partial charge >= 0.3 is 0 Å². The van der Waals surface area contributed by atoms with Crippen LogP contribution in [0.25, 0.3) is 11.3 Å². The number of amides is 2. The van der Waals surface area contributed by atoms with Crippen LogP contribution in [0.15, 0.2) is 41.8 Å².